The van der Waals surface area contributed by atoms with Crippen LogP contribution in [0.5, 0.6) is 0 Å². The first-order valence-corrected chi connectivity index (χ1v) is 5.35. The third kappa shape index (κ3) is 5.52. The minimum atomic E-state index is -0.721. The number of carbonyl (C=O) groups is 1. The molecular weight excluding hydrogens is 194 g/mol. The van der Waals surface area contributed by atoms with Crippen molar-refractivity contribution in [2.45, 2.75) is 52.2 Å². The van der Waals surface area contributed by atoms with E-state index in [4.69, 9.17) is 5.73 Å². The van der Waals surface area contributed by atoms with Gasteiger partial charge in [0.15, 0.2) is 11.9 Å². The van der Waals surface area contributed by atoms with Gasteiger partial charge >= 0.3 is 6.47 Å². The summed E-state index contributed by atoms with van der Waals surface area (Å²) in [5.41, 5.74) is 5.72. The summed E-state index contributed by atoms with van der Waals surface area (Å²) in [6, 6.07) is -0.546. The lowest BCUT2D eigenvalue weighted by Crippen LogP contribution is -2.40. The summed E-state index contributed by atoms with van der Waals surface area (Å²) in [6.07, 6.45) is 1.18. The van der Waals surface area contributed by atoms with Crippen LogP contribution in [0.3, 0.4) is 0 Å². The maximum Gasteiger partial charge on any atom is 0.418 e. The second kappa shape index (κ2) is 7.40. The van der Waals surface area contributed by atoms with Gasteiger partial charge in [-0.3, -0.25) is 4.79 Å². The molecule has 0 saturated carbocycles. The van der Waals surface area contributed by atoms with Gasteiger partial charge in [-0.05, 0) is 18.8 Å². The van der Waals surface area contributed by atoms with Crippen molar-refractivity contribution in [3.8, 4) is 0 Å². The normalized spacial score (nSPS) is 14.7. The van der Waals surface area contributed by atoms with Crippen LogP contribution in [-0.4, -0.2) is 24.4 Å². The van der Waals surface area contributed by atoms with Crippen molar-refractivity contribution < 1.29 is 14.3 Å². The number of hydrogen-bond donors (Lipinski definition) is 1. The zero-order chi connectivity index (χ0) is 11.8. The predicted octanol–water partition coefficient (Wildman–Crippen LogP) is 1.18. The van der Waals surface area contributed by atoms with E-state index in [2.05, 4.69) is 4.74 Å². The Balaban J connectivity index is 4.27. The molecule has 2 atom stereocenters. The molecule has 0 bridgehead atoms. The fraction of sp³-hybridized carbons (Fsp3) is 0.818. The number of ketones is 1. The molecule has 0 aromatic carbocycles. The van der Waals surface area contributed by atoms with Crippen molar-refractivity contribution in [3.63, 3.8) is 0 Å². The van der Waals surface area contributed by atoms with Crippen LogP contribution in [0, 0.1) is 5.92 Å². The van der Waals surface area contributed by atoms with Crippen LogP contribution in [0.25, 0.3) is 0 Å². The van der Waals surface area contributed by atoms with Gasteiger partial charge in [0, 0.05) is 0 Å². The summed E-state index contributed by atoms with van der Waals surface area (Å²) in [6.45, 7) is 7.22. The quantitative estimate of drug-likeness (QED) is 0.658. The third-order valence-electron chi connectivity index (χ3n) is 2.15. The lowest BCUT2D eigenvalue weighted by Gasteiger charge is -2.18. The molecule has 0 aromatic heterocycles. The minimum Gasteiger partial charge on any atom is -0.446 e. The zero-order valence-electron chi connectivity index (χ0n) is 9.66. The molecule has 0 saturated heterocycles. The third-order valence-corrected chi connectivity index (χ3v) is 2.15. The van der Waals surface area contributed by atoms with E-state index < -0.39 is 12.1 Å². The van der Waals surface area contributed by atoms with Crippen LogP contribution in [0.2, 0.25) is 0 Å². The van der Waals surface area contributed by atoms with Gasteiger partial charge in [-0.15, -0.1) is 0 Å². The van der Waals surface area contributed by atoms with Gasteiger partial charge in [-0.2, -0.15) is 0 Å². The van der Waals surface area contributed by atoms with Crippen molar-refractivity contribution in [3.05, 3.63) is 0 Å². The molecule has 0 spiro atoms. The first-order valence-electron chi connectivity index (χ1n) is 5.35. The first-order chi connectivity index (χ1) is 7.02. The lowest BCUT2D eigenvalue weighted by molar-refractivity contribution is -0.128. The van der Waals surface area contributed by atoms with E-state index in [1.165, 1.54) is 6.47 Å². The summed E-state index contributed by atoms with van der Waals surface area (Å²) >= 11 is 0. The molecule has 1 radical (unpaired) electrons. The van der Waals surface area contributed by atoms with E-state index >= 15 is 0 Å². The van der Waals surface area contributed by atoms with Gasteiger partial charge in [-0.25, -0.2) is 4.79 Å². The van der Waals surface area contributed by atoms with Crippen LogP contribution in [0.15, 0.2) is 0 Å². The average molecular weight is 214 g/mol. The molecule has 0 rings (SSSR count). The molecule has 0 aliphatic heterocycles. The molecule has 87 valence electrons. The Hall–Kier alpha value is -0.900. The Kier molecular flexibility index (Phi) is 6.96. The van der Waals surface area contributed by atoms with Gasteiger partial charge in [0.25, 0.3) is 0 Å². The fourth-order valence-corrected chi connectivity index (χ4v) is 1.44. The molecule has 4 nitrogen and oxygen atoms in total. The molecule has 1 unspecified atom stereocenters. The van der Waals surface area contributed by atoms with Gasteiger partial charge in [-0.1, -0.05) is 27.2 Å². The van der Waals surface area contributed by atoms with E-state index in [0.717, 1.165) is 6.42 Å². The van der Waals surface area contributed by atoms with Crippen LogP contribution in [-0.2, 0) is 14.3 Å². The number of nitrogens with two attached hydrogens (primary N) is 1. The smallest absolute Gasteiger partial charge is 0.418 e. The van der Waals surface area contributed by atoms with Gasteiger partial charge in [0.05, 0.1) is 6.04 Å². The van der Waals surface area contributed by atoms with E-state index in [1.54, 1.807) is 0 Å². The van der Waals surface area contributed by atoms with Crippen molar-refractivity contribution in [1.82, 2.24) is 0 Å². The number of rotatable bonds is 8. The molecule has 0 fully saturated rings. The van der Waals surface area contributed by atoms with Crippen LogP contribution < -0.4 is 5.73 Å². The second-order valence-electron chi connectivity index (χ2n) is 4.12. The predicted molar refractivity (Wildman–Crippen MR) is 57.9 cm³/mol. The zero-order valence-corrected chi connectivity index (χ0v) is 9.66. The Morgan fingerprint density at radius 2 is 2.07 bits per heavy atom. The average Bonchev–Trinajstić information content (AvgIpc) is 2.15. The number of carbonyl (C=O) groups excluding carboxylic acids is 2. The maximum absolute atomic E-state index is 11.7. The van der Waals surface area contributed by atoms with Crippen LogP contribution in [0.4, 0.5) is 0 Å². The molecule has 4 heteroatoms. The SMILES string of the molecule is CCCC(O[C]=O)C(=O)[C@@H](N)CC(C)C. The van der Waals surface area contributed by atoms with Crippen molar-refractivity contribution in [2.24, 2.45) is 11.7 Å². The molecule has 15 heavy (non-hydrogen) atoms. The van der Waals surface area contributed by atoms with Gasteiger partial charge in [0.1, 0.15) is 0 Å². The molecular formula is C11H20NO3. The first kappa shape index (κ1) is 14.1. The molecule has 0 aliphatic rings. The van der Waals surface area contributed by atoms with E-state index in [-0.39, 0.29) is 5.78 Å². The summed E-state index contributed by atoms with van der Waals surface area (Å²) in [4.78, 5) is 21.8. The standard InChI is InChI=1S/C11H20NO3/c1-4-5-10(15-7-13)11(14)9(12)6-8(2)3/h8-10H,4-6,12H2,1-3H3/t9-,10?/m0/s1. The Morgan fingerprint density at radius 3 is 2.47 bits per heavy atom. The second-order valence-corrected chi connectivity index (χ2v) is 4.12. The monoisotopic (exact) mass is 214 g/mol. The fourth-order valence-electron chi connectivity index (χ4n) is 1.44. The van der Waals surface area contributed by atoms with Crippen molar-refractivity contribution in [1.29, 1.82) is 0 Å². The maximum atomic E-state index is 11.7. The van der Waals surface area contributed by atoms with Crippen LogP contribution in [0.1, 0.15) is 40.0 Å². The molecule has 0 aromatic rings. The van der Waals surface area contributed by atoms with Gasteiger partial charge < -0.3 is 10.5 Å². The highest BCUT2D eigenvalue weighted by molar-refractivity contribution is 5.88. The molecule has 0 aliphatic carbocycles. The molecule has 0 heterocycles. The highest BCUT2D eigenvalue weighted by atomic mass is 16.5. The molecule has 0 amide bonds. The molecule has 2 N–H and O–H groups in total. The summed E-state index contributed by atoms with van der Waals surface area (Å²) in [5.74, 6) is 0.153. The number of hydrogen-bond acceptors (Lipinski definition) is 4. The Morgan fingerprint density at radius 1 is 1.47 bits per heavy atom. The van der Waals surface area contributed by atoms with E-state index in [9.17, 15) is 9.59 Å². The highest BCUT2D eigenvalue weighted by Gasteiger charge is 2.25. The highest BCUT2D eigenvalue weighted by Crippen LogP contribution is 2.10. The Labute approximate surface area is 91.2 Å². The minimum absolute atomic E-state index is 0.200. The van der Waals surface area contributed by atoms with Gasteiger partial charge in [0.2, 0.25) is 0 Å². The largest absolute Gasteiger partial charge is 0.446 e. The van der Waals surface area contributed by atoms with Crippen molar-refractivity contribution in [2.75, 3.05) is 0 Å². The van der Waals surface area contributed by atoms with Crippen LogP contribution >= 0.6 is 0 Å². The summed E-state index contributed by atoms with van der Waals surface area (Å²) in [7, 11) is 0. The summed E-state index contributed by atoms with van der Waals surface area (Å²) in [5, 5.41) is 0. The van der Waals surface area contributed by atoms with Crippen molar-refractivity contribution >= 4 is 12.3 Å². The van der Waals surface area contributed by atoms with E-state index in [1.807, 2.05) is 20.8 Å². The van der Waals surface area contributed by atoms with E-state index in [0.29, 0.717) is 18.8 Å². The number of ether oxygens (including phenoxy) is 1. The number of Topliss-reactive ketones (excluding diaryl/α,β-unsaturated/α-hetero) is 1. The lowest BCUT2D eigenvalue weighted by atomic mass is 9.96. The topological polar surface area (TPSA) is 69.4 Å². The summed E-state index contributed by atoms with van der Waals surface area (Å²) < 4.78 is 4.61. The Bertz CT molecular complexity index is 204.